The molecule has 172 valence electrons. The van der Waals surface area contributed by atoms with Crippen LogP contribution in [0.15, 0.2) is 76.6 Å². The van der Waals surface area contributed by atoms with Crippen LogP contribution in [-0.4, -0.2) is 34.1 Å². The van der Waals surface area contributed by atoms with Crippen molar-refractivity contribution in [1.82, 2.24) is 4.90 Å². The number of carboxylic acid groups (broad SMARTS) is 1. The minimum atomic E-state index is -1.00. The highest BCUT2D eigenvalue weighted by molar-refractivity contribution is 8.18. The van der Waals surface area contributed by atoms with Gasteiger partial charge >= 0.3 is 5.97 Å². The van der Waals surface area contributed by atoms with Gasteiger partial charge < -0.3 is 9.84 Å². The molecule has 0 spiro atoms. The average molecular weight is 513 g/mol. The maximum absolute atomic E-state index is 12.7. The standard InChI is InChI=1S/C25H18Cl2N2O4S/c1-29-23(30)22(34-25(29)28-19-8-5-16(6-9-19)24(31)32)12-15-2-10-20(11-3-15)33-14-17-4-7-18(26)13-21(17)27/h2-13H,14H2,1H3,(H,31,32). The van der Waals surface area contributed by atoms with Crippen LogP contribution in [0.1, 0.15) is 21.5 Å². The van der Waals surface area contributed by atoms with Crippen molar-refractivity contribution in [2.75, 3.05) is 7.05 Å². The highest BCUT2D eigenvalue weighted by atomic mass is 35.5. The van der Waals surface area contributed by atoms with Crippen LogP contribution in [0, 0.1) is 0 Å². The Labute approximate surface area is 210 Å². The predicted octanol–water partition coefficient (Wildman–Crippen LogP) is 6.50. The molecule has 0 saturated carbocycles. The molecular weight excluding hydrogens is 495 g/mol. The first-order valence-electron chi connectivity index (χ1n) is 10.1. The van der Waals surface area contributed by atoms with Crippen LogP contribution in [-0.2, 0) is 11.4 Å². The molecule has 1 aliphatic heterocycles. The summed E-state index contributed by atoms with van der Waals surface area (Å²) >= 11 is 13.4. The van der Waals surface area contributed by atoms with Crippen molar-refractivity contribution in [3.05, 3.63) is 98.4 Å². The van der Waals surface area contributed by atoms with Gasteiger partial charge in [0, 0.05) is 22.7 Å². The Bertz CT molecular complexity index is 1310. The largest absolute Gasteiger partial charge is 0.489 e. The van der Waals surface area contributed by atoms with Gasteiger partial charge in [0.2, 0.25) is 0 Å². The van der Waals surface area contributed by atoms with Crippen LogP contribution in [0.25, 0.3) is 6.08 Å². The lowest BCUT2D eigenvalue weighted by molar-refractivity contribution is -0.121. The van der Waals surface area contributed by atoms with Gasteiger partial charge in [-0.25, -0.2) is 9.79 Å². The van der Waals surface area contributed by atoms with Gasteiger partial charge in [-0.1, -0.05) is 41.4 Å². The molecule has 6 nitrogen and oxygen atoms in total. The average Bonchev–Trinajstić information content (AvgIpc) is 3.07. The summed E-state index contributed by atoms with van der Waals surface area (Å²) in [5, 5.41) is 10.6. The molecule has 1 saturated heterocycles. The van der Waals surface area contributed by atoms with Crippen LogP contribution in [0.3, 0.4) is 0 Å². The number of likely N-dealkylation sites (N-methyl/N-ethyl adjacent to an activating group) is 1. The fourth-order valence-electron chi connectivity index (χ4n) is 3.05. The summed E-state index contributed by atoms with van der Waals surface area (Å²) in [4.78, 5) is 30.1. The lowest BCUT2D eigenvalue weighted by Gasteiger charge is -2.08. The number of hydrogen-bond acceptors (Lipinski definition) is 5. The predicted molar refractivity (Wildman–Crippen MR) is 136 cm³/mol. The van der Waals surface area contributed by atoms with Crippen LogP contribution >= 0.6 is 35.0 Å². The van der Waals surface area contributed by atoms with Gasteiger partial charge in [0.05, 0.1) is 16.2 Å². The Morgan fingerprint density at radius 2 is 1.79 bits per heavy atom. The smallest absolute Gasteiger partial charge is 0.335 e. The molecule has 1 aliphatic rings. The topological polar surface area (TPSA) is 79.2 Å². The normalized spacial score (nSPS) is 15.9. The SMILES string of the molecule is CN1C(=O)C(=Cc2ccc(OCc3ccc(Cl)cc3Cl)cc2)SC1=Nc1ccc(C(=O)O)cc1. The van der Waals surface area contributed by atoms with Crippen molar-refractivity contribution in [2.24, 2.45) is 4.99 Å². The Morgan fingerprint density at radius 1 is 1.09 bits per heavy atom. The molecule has 3 aromatic carbocycles. The molecule has 0 bridgehead atoms. The van der Waals surface area contributed by atoms with Crippen molar-refractivity contribution in [1.29, 1.82) is 0 Å². The first kappa shape index (κ1) is 23.9. The lowest BCUT2D eigenvalue weighted by atomic mass is 10.2. The molecule has 1 amide bonds. The molecule has 0 unspecified atom stereocenters. The van der Waals surface area contributed by atoms with Crippen LogP contribution in [0.5, 0.6) is 5.75 Å². The van der Waals surface area contributed by atoms with E-state index in [1.807, 2.05) is 30.3 Å². The fourth-order valence-corrected chi connectivity index (χ4v) is 4.50. The quantitative estimate of drug-likeness (QED) is 0.381. The van der Waals surface area contributed by atoms with E-state index in [2.05, 4.69) is 4.99 Å². The molecule has 0 aliphatic carbocycles. The minimum absolute atomic E-state index is 0.163. The number of nitrogens with zero attached hydrogens (tertiary/aromatic N) is 2. The zero-order valence-corrected chi connectivity index (χ0v) is 20.2. The first-order valence-corrected chi connectivity index (χ1v) is 11.6. The van der Waals surface area contributed by atoms with E-state index in [0.717, 1.165) is 11.1 Å². The number of ether oxygens (including phenoxy) is 1. The summed E-state index contributed by atoms with van der Waals surface area (Å²) in [7, 11) is 1.65. The summed E-state index contributed by atoms with van der Waals surface area (Å²) in [5.41, 5.74) is 2.42. The second-order valence-electron chi connectivity index (χ2n) is 7.31. The molecule has 4 rings (SSSR count). The fraction of sp³-hybridized carbons (Fsp3) is 0.0800. The van der Waals surface area contributed by atoms with Crippen molar-refractivity contribution < 1.29 is 19.4 Å². The van der Waals surface area contributed by atoms with Crippen LogP contribution in [0.4, 0.5) is 5.69 Å². The van der Waals surface area contributed by atoms with Crippen LogP contribution in [0.2, 0.25) is 10.0 Å². The van der Waals surface area contributed by atoms with E-state index in [-0.39, 0.29) is 11.5 Å². The van der Waals surface area contributed by atoms with Crippen LogP contribution < -0.4 is 4.74 Å². The molecule has 0 radical (unpaired) electrons. The summed E-state index contributed by atoms with van der Waals surface area (Å²) < 4.78 is 5.80. The van der Waals surface area contributed by atoms with Crippen molar-refractivity contribution in [3.63, 3.8) is 0 Å². The molecule has 34 heavy (non-hydrogen) atoms. The number of aromatic carboxylic acids is 1. The number of carbonyl (C=O) groups excluding carboxylic acids is 1. The number of aliphatic imine (C=N–C) groups is 1. The molecule has 1 heterocycles. The van der Waals surface area contributed by atoms with Gasteiger partial charge in [-0.3, -0.25) is 9.69 Å². The molecule has 9 heteroatoms. The monoisotopic (exact) mass is 512 g/mol. The van der Waals surface area contributed by atoms with E-state index in [9.17, 15) is 9.59 Å². The molecule has 0 aromatic heterocycles. The second kappa shape index (κ2) is 10.3. The Hall–Kier alpha value is -3.26. The van der Waals surface area contributed by atoms with Gasteiger partial charge in [0.25, 0.3) is 5.91 Å². The number of thioether (sulfide) groups is 1. The van der Waals surface area contributed by atoms with Crippen molar-refractivity contribution >= 4 is 63.8 Å². The molecule has 1 fully saturated rings. The molecule has 0 atom stereocenters. The molecular formula is C25H18Cl2N2O4S. The zero-order chi connectivity index (χ0) is 24.2. The Morgan fingerprint density at radius 3 is 2.44 bits per heavy atom. The number of amides is 1. The Kier molecular flexibility index (Phi) is 7.26. The van der Waals surface area contributed by atoms with E-state index in [0.29, 0.717) is 38.2 Å². The third-order valence-electron chi connectivity index (χ3n) is 4.93. The second-order valence-corrected chi connectivity index (χ2v) is 9.17. The molecule has 1 N–H and O–H groups in total. The van der Waals surface area contributed by atoms with Gasteiger partial charge in [-0.15, -0.1) is 0 Å². The number of carboxylic acids is 1. The number of halogens is 2. The number of hydrogen-bond donors (Lipinski definition) is 1. The number of carbonyl (C=O) groups is 2. The van der Waals surface area contributed by atoms with Gasteiger partial charge in [0.1, 0.15) is 12.4 Å². The molecule has 3 aromatic rings. The third kappa shape index (κ3) is 5.62. The third-order valence-corrected chi connectivity index (χ3v) is 6.58. The highest BCUT2D eigenvalue weighted by Crippen LogP contribution is 2.33. The Balaban J connectivity index is 1.44. The minimum Gasteiger partial charge on any atom is -0.489 e. The first-order chi connectivity index (χ1) is 16.3. The van der Waals surface area contributed by atoms with E-state index in [4.69, 9.17) is 33.0 Å². The highest BCUT2D eigenvalue weighted by Gasteiger charge is 2.30. The van der Waals surface area contributed by atoms with Gasteiger partial charge in [0.15, 0.2) is 5.17 Å². The number of rotatable bonds is 6. The number of benzene rings is 3. The summed E-state index contributed by atoms with van der Waals surface area (Å²) in [6.45, 7) is 0.308. The van der Waals surface area contributed by atoms with Gasteiger partial charge in [-0.2, -0.15) is 0 Å². The van der Waals surface area contributed by atoms with Gasteiger partial charge in [-0.05, 0) is 71.9 Å². The summed E-state index contributed by atoms with van der Waals surface area (Å²) in [6.07, 6.45) is 1.79. The summed E-state index contributed by atoms with van der Waals surface area (Å²) in [6, 6.07) is 18.8. The maximum Gasteiger partial charge on any atom is 0.335 e. The van der Waals surface area contributed by atoms with Crippen molar-refractivity contribution in [2.45, 2.75) is 6.61 Å². The lowest BCUT2D eigenvalue weighted by Crippen LogP contribution is -2.23. The number of amidine groups is 1. The van der Waals surface area contributed by atoms with E-state index < -0.39 is 5.97 Å². The zero-order valence-electron chi connectivity index (χ0n) is 17.9. The van der Waals surface area contributed by atoms with Crippen molar-refractivity contribution in [3.8, 4) is 5.75 Å². The summed E-state index contributed by atoms with van der Waals surface area (Å²) in [5.74, 6) is -0.497. The van der Waals surface area contributed by atoms with E-state index in [1.54, 1.807) is 37.4 Å². The maximum atomic E-state index is 12.7. The van der Waals surface area contributed by atoms with E-state index >= 15 is 0 Å². The van der Waals surface area contributed by atoms with E-state index in [1.165, 1.54) is 28.8 Å².